The highest BCUT2D eigenvalue weighted by Gasteiger charge is 2.27. The van der Waals surface area contributed by atoms with Crippen molar-refractivity contribution in [3.8, 4) is 22.4 Å². The van der Waals surface area contributed by atoms with Crippen molar-refractivity contribution >= 4 is 16.6 Å². The van der Waals surface area contributed by atoms with Gasteiger partial charge in [0.25, 0.3) is 0 Å². The Balaban J connectivity index is 1.90. The highest BCUT2D eigenvalue weighted by Crippen LogP contribution is 2.42. The molecule has 3 aromatic carbocycles. The van der Waals surface area contributed by atoms with Crippen LogP contribution in [0.25, 0.3) is 33.2 Å². The number of hydrogen-bond acceptors (Lipinski definition) is 2. The van der Waals surface area contributed by atoms with Crippen LogP contribution in [-0.2, 0) is 0 Å². The van der Waals surface area contributed by atoms with Crippen molar-refractivity contribution in [2.24, 2.45) is 0 Å². The number of hydrogen-bond donors (Lipinski definition) is 0. The number of carbonyl (C=O) groups excluding carboxylic acids is 1. The van der Waals surface area contributed by atoms with Gasteiger partial charge in [-0.15, -0.1) is 0 Å². The molecule has 0 N–H and O–H groups in total. The summed E-state index contributed by atoms with van der Waals surface area (Å²) in [4.78, 5) is 18.1. The quantitative estimate of drug-likeness (QED) is 0.369. The standard InChI is InChI=1S/C25H19NO/c1-14-10-15(2)12-17(11-14)24-19-8-5-9-20-23(19)21(13-26-24)18-7-4-6-16(3)22(18)25(20)27/h4-13H,1-3H3. The van der Waals surface area contributed by atoms with Crippen molar-refractivity contribution in [1.82, 2.24) is 4.98 Å². The summed E-state index contributed by atoms with van der Waals surface area (Å²) < 4.78 is 0. The zero-order chi connectivity index (χ0) is 18.7. The molecule has 0 saturated heterocycles. The molecule has 1 aromatic heterocycles. The molecule has 0 unspecified atom stereocenters. The summed E-state index contributed by atoms with van der Waals surface area (Å²) in [7, 11) is 0. The lowest BCUT2D eigenvalue weighted by atomic mass is 9.81. The SMILES string of the molecule is Cc1cc(C)cc(-c2ncc3c4c(cccc24)C(=O)c2c(C)cccc2-3)c1. The van der Waals surface area contributed by atoms with Gasteiger partial charge in [0.1, 0.15) is 0 Å². The number of carbonyl (C=O) groups is 1. The van der Waals surface area contributed by atoms with Crippen LogP contribution >= 0.6 is 0 Å². The number of aromatic nitrogens is 1. The molecule has 27 heavy (non-hydrogen) atoms. The number of fused-ring (bicyclic) bond motifs is 2. The lowest BCUT2D eigenvalue weighted by molar-refractivity contribution is 0.103. The molecule has 5 rings (SSSR count). The van der Waals surface area contributed by atoms with Gasteiger partial charge in [-0.1, -0.05) is 53.6 Å². The van der Waals surface area contributed by atoms with E-state index in [1.807, 2.05) is 43.5 Å². The zero-order valence-corrected chi connectivity index (χ0v) is 15.6. The molecular weight excluding hydrogens is 330 g/mol. The molecule has 0 aliphatic heterocycles. The van der Waals surface area contributed by atoms with Crippen molar-refractivity contribution in [2.45, 2.75) is 20.8 Å². The Kier molecular flexibility index (Phi) is 3.32. The van der Waals surface area contributed by atoms with E-state index in [9.17, 15) is 4.79 Å². The van der Waals surface area contributed by atoms with Crippen LogP contribution in [0, 0.1) is 20.8 Å². The van der Waals surface area contributed by atoms with Gasteiger partial charge in [-0.3, -0.25) is 9.78 Å². The molecule has 1 aliphatic carbocycles. The van der Waals surface area contributed by atoms with E-state index in [2.05, 4.69) is 38.1 Å². The Morgan fingerprint density at radius 3 is 2.26 bits per heavy atom. The van der Waals surface area contributed by atoms with Gasteiger partial charge in [0.2, 0.25) is 0 Å². The molecule has 4 aromatic rings. The topological polar surface area (TPSA) is 30.0 Å². The van der Waals surface area contributed by atoms with Crippen molar-refractivity contribution in [2.75, 3.05) is 0 Å². The highest BCUT2D eigenvalue weighted by atomic mass is 16.1. The summed E-state index contributed by atoms with van der Waals surface area (Å²) in [6.07, 6.45) is 1.93. The Morgan fingerprint density at radius 2 is 1.48 bits per heavy atom. The summed E-state index contributed by atoms with van der Waals surface area (Å²) in [6, 6.07) is 18.5. The van der Waals surface area contributed by atoms with Gasteiger partial charge in [0.05, 0.1) is 5.69 Å². The first kappa shape index (κ1) is 16.0. The summed E-state index contributed by atoms with van der Waals surface area (Å²) in [5.41, 5.74) is 9.09. The fraction of sp³-hybridized carbons (Fsp3) is 0.120. The van der Waals surface area contributed by atoms with E-state index in [0.717, 1.165) is 49.8 Å². The normalized spacial score (nSPS) is 12.3. The molecule has 0 amide bonds. The second-order valence-corrected chi connectivity index (χ2v) is 7.45. The molecule has 1 aliphatic rings. The first-order chi connectivity index (χ1) is 13.0. The predicted octanol–water partition coefficient (Wildman–Crippen LogP) is 6.04. The first-order valence-corrected chi connectivity index (χ1v) is 9.19. The fourth-order valence-electron chi connectivity index (χ4n) is 4.37. The zero-order valence-electron chi connectivity index (χ0n) is 15.6. The molecule has 0 bridgehead atoms. The molecule has 1 heterocycles. The van der Waals surface area contributed by atoms with Crippen LogP contribution < -0.4 is 0 Å². The van der Waals surface area contributed by atoms with E-state index in [0.29, 0.717) is 0 Å². The third-order valence-corrected chi connectivity index (χ3v) is 5.44. The van der Waals surface area contributed by atoms with Crippen LogP contribution in [0.4, 0.5) is 0 Å². The smallest absolute Gasteiger partial charge is 0.194 e. The second-order valence-electron chi connectivity index (χ2n) is 7.45. The second kappa shape index (κ2) is 5.62. The van der Waals surface area contributed by atoms with Crippen molar-refractivity contribution < 1.29 is 4.79 Å². The molecule has 0 fully saturated rings. The van der Waals surface area contributed by atoms with Crippen LogP contribution in [0.2, 0.25) is 0 Å². The molecule has 130 valence electrons. The predicted molar refractivity (Wildman–Crippen MR) is 110 cm³/mol. The van der Waals surface area contributed by atoms with Gasteiger partial charge >= 0.3 is 0 Å². The van der Waals surface area contributed by atoms with E-state index in [1.54, 1.807) is 0 Å². The van der Waals surface area contributed by atoms with Gasteiger partial charge in [0.15, 0.2) is 5.78 Å². The van der Waals surface area contributed by atoms with Crippen LogP contribution in [0.1, 0.15) is 32.6 Å². The number of ketones is 1. The maximum atomic E-state index is 13.3. The van der Waals surface area contributed by atoms with E-state index in [-0.39, 0.29) is 5.78 Å². The van der Waals surface area contributed by atoms with Crippen LogP contribution in [0.15, 0.2) is 60.8 Å². The minimum atomic E-state index is 0.110. The van der Waals surface area contributed by atoms with E-state index < -0.39 is 0 Å². The largest absolute Gasteiger partial charge is 0.289 e. The molecule has 0 atom stereocenters. The summed E-state index contributed by atoms with van der Waals surface area (Å²) >= 11 is 0. The van der Waals surface area contributed by atoms with Crippen LogP contribution in [0.5, 0.6) is 0 Å². The Morgan fingerprint density at radius 1 is 0.778 bits per heavy atom. The number of benzene rings is 3. The molecule has 0 spiro atoms. The van der Waals surface area contributed by atoms with Crippen molar-refractivity contribution in [3.05, 3.63) is 88.6 Å². The highest BCUT2D eigenvalue weighted by molar-refractivity contribution is 6.27. The van der Waals surface area contributed by atoms with Crippen LogP contribution in [-0.4, -0.2) is 10.8 Å². The average molecular weight is 349 g/mol. The summed E-state index contributed by atoms with van der Waals surface area (Å²) in [6.45, 7) is 6.20. The van der Waals surface area contributed by atoms with Crippen molar-refractivity contribution in [3.63, 3.8) is 0 Å². The Bertz CT molecular complexity index is 1250. The minimum Gasteiger partial charge on any atom is -0.289 e. The van der Waals surface area contributed by atoms with Gasteiger partial charge in [0, 0.05) is 39.2 Å². The Hall–Kier alpha value is -3.26. The fourth-order valence-corrected chi connectivity index (χ4v) is 4.37. The van der Waals surface area contributed by atoms with E-state index in [4.69, 9.17) is 4.98 Å². The summed E-state index contributed by atoms with van der Waals surface area (Å²) in [5, 5.41) is 2.06. The maximum absolute atomic E-state index is 13.3. The minimum absolute atomic E-state index is 0.110. The van der Waals surface area contributed by atoms with Gasteiger partial charge in [-0.05, 0) is 44.0 Å². The van der Waals surface area contributed by atoms with Crippen molar-refractivity contribution in [1.29, 1.82) is 0 Å². The number of rotatable bonds is 1. The lowest BCUT2D eigenvalue weighted by Crippen LogP contribution is -2.12. The monoisotopic (exact) mass is 349 g/mol. The average Bonchev–Trinajstić information content (AvgIpc) is 2.64. The number of nitrogens with zero attached hydrogens (tertiary/aromatic N) is 1. The molecule has 0 radical (unpaired) electrons. The van der Waals surface area contributed by atoms with Crippen LogP contribution in [0.3, 0.4) is 0 Å². The number of aryl methyl sites for hydroxylation is 3. The lowest BCUT2D eigenvalue weighted by Gasteiger charge is -2.22. The molecular formula is C25H19NO. The van der Waals surface area contributed by atoms with Gasteiger partial charge in [-0.2, -0.15) is 0 Å². The van der Waals surface area contributed by atoms with Gasteiger partial charge < -0.3 is 0 Å². The first-order valence-electron chi connectivity index (χ1n) is 9.19. The molecule has 2 heteroatoms. The molecule has 2 nitrogen and oxygen atoms in total. The number of pyridine rings is 1. The summed E-state index contributed by atoms with van der Waals surface area (Å²) in [5.74, 6) is 0.110. The maximum Gasteiger partial charge on any atom is 0.194 e. The Labute approximate surface area is 158 Å². The molecule has 0 saturated carbocycles. The third-order valence-electron chi connectivity index (χ3n) is 5.44. The van der Waals surface area contributed by atoms with E-state index >= 15 is 0 Å². The third kappa shape index (κ3) is 2.26. The van der Waals surface area contributed by atoms with E-state index in [1.165, 1.54) is 11.1 Å². The van der Waals surface area contributed by atoms with Gasteiger partial charge in [-0.25, -0.2) is 0 Å².